The highest BCUT2D eigenvalue weighted by atomic mass is 16.5. The fourth-order valence-electron chi connectivity index (χ4n) is 1.59. The predicted octanol–water partition coefficient (Wildman–Crippen LogP) is 1.39. The van der Waals surface area contributed by atoms with Crippen LogP contribution in [0.15, 0.2) is 12.1 Å². The SMILES string of the molecule is COc1cc([C@H](O)[C@@H](C)N)c(OC)cc1C. The van der Waals surface area contributed by atoms with E-state index in [2.05, 4.69) is 0 Å². The fourth-order valence-corrected chi connectivity index (χ4v) is 1.59. The van der Waals surface area contributed by atoms with Crippen molar-refractivity contribution in [2.24, 2.45) is 5.73 Å². The summed E-state index contributed by atoms with van der Waals surface area (Å²) < 4.78 is 10.4. The Balaban J connectivity index is 3.24. The van der Waals surface area contributed by atoms with Crippen LogP contribution in [0.2, 0.25) is 0 Å². The van der Waals surface area contributed by atoms with E-state index in [0.29, 0.717) is 11.3 Å². The summed E-state index contributed by atoms with van der Waals surface area (Å²) in [5.41, 5.74) is 7.29. The van der Waals surface area contributed by atoms with Crippen molar-refractivity contribution in [2.75, 3.05) is 14.2 Å². The molecule has 0 saturated carbocycles. The van der Waals surface area contributed by atoms with Crippen molar-refractivity contribution < 1.29 is 14.6 Å². The van der Waals surface area contributed by atoms with E-state index in [0.717, 1.165) is 11.3 Å². The Hall–Kier alpha value is -1.26. The highest BCUT2D eigenvalue weighted by Crippen LogP contribution is 2.33. The second-order valence-corrected chi connectivity index (χ2v) is 3.87. The monoisotopic (exact) mass is 225 g/mol. The van der Waals surface area contributed by atoms with Gasteiger partial charge in [0.25, 0.3) is 0 Å². The van der Waals surface area contributed by atoms with Gasteiger partial charge in [-0.1, -0.05) is 0 Å². The molecule has 4 nitrogen and oxygen atoms in total. The summed E-state index contributed by atoms with van der Waals surface area (Å²) in [6.07, 6.45) is -0.760. The Morgan fingerprint density at radius 3 is 2.19 bits per heavy atom. The molecular formula is C12H19NO3. The molecule has 1 aromatic rings. The van der Waals surface area contributed by atoms with E-state index in [1.807, 2.05) is 13.0 Å². The highest BCUT2D eigenvalue weighted by molar-refractivity contribution is 5.47. The van der Waals surface area contributed by atoms with Gasteiger partial charge < -0.3 is 20.3 Å². The maximum atomic E-state index is 9.96. The summed E-state index contributed by atoms with van der Waals surface area (Å²) in [5.74, 6) is 1.35. The number of methoxy groups -OCH3 is 2. The molecule has 1 aromatic carbocycles. The van der Waals surface area contributed by atoms with Gasteiger partial charge in [-0.15, -0.1) is 0 Å². The molecule has 0 bridgehead atoms. The van der Waals surface area contributed by atoms with Crippen LogP contribution in [0.4, 0.5) is 0 Å². The van der Waals surface area contributed by atoms with Crippen molar-refractivity contribution in [3.8, 4) is 11.5 Å². The molecule has 0 radical (unpaired) electrons. The van der Waals surface area contributed by atoms with Gasteiger partial charge in [0, 0.05) is 11.6 Å². The number of ether oxygens (including phenoxy) is 2. The van der Waals surface area contributed by atoms with E-state index in [-0.39, 0.29) is 6.04 Å². The van der Waals surface area contributed by atoms with Crippen molar-refractivity contribution in [1.82, 2.24) is 0 Å². The quantitative estimate of drug-likeness (QED) is 0.812. The molecular weight excluding hydrogens is 206 g/mol. The molecule has 0 saturated heterocycles. The van der Waals surface area contributed by atoms with Crippen molar-refractivity contribution in [3.05, 3.63) is 23.3 Å². The lowest BCUT2D eigenvalue weighted by atomic mass is 10.0. The van der Waals surface area contributed by atoms with E-state index >= 15 is 0 Å². The number of hydrogen-bond donors (Lipinski definition) is 2. The van der Waals surface area contributed by atoms with Crippen molar-refractivity contribution >= 4 is 0 Å². The molecule has 2 atom stereocenters. The third-order valence-corrected chi connectivity index (χ3v) is 2.56. The smallest absolute Gasteiger partial charge is 0.125 e. The molecule has 0 fully saturated rings. The normalized spacial score (nSPS) is 14.4. The second-order valence-electron chi connectivity index (χ2n) is 3.87. The number of aliphatic hydroxyl groups is 1. The van der Waals surface area contributed by atoms with Crippen molar-refractivity contribution in [2.45, 2.75) is 26.0 Å². The number of benzene rings is 1. The minimum absolute atomic E-state index is 0.360. The molecule has 0 unspecified atom stereocenters. The Morgan fingerprint density at radius 2 is 1.75 bits per heavy atom. The zero-order chi connectivity index (χ0) is 12.3. The zero-order valence-corrected chi connectivity index (χ0v) is 10.2. The van der Waals surface area contributed by atoms with E-state index in [4.69, 9.17) is 15.2 Å². The topological polar surface area (TPSA) is 64.7 Å². The first kappa shape index (κ1) is 12.8. The molecule has 0 heterocycles. The first-order valence-corrected chi connectivity index (χ1v) is 5.17. The van der Waals surface area contributed by atoms with Crippen molar-refractivity contribution in [3.63, 3.8) is 0 Å². The van der Waals surface area contributed by atoms with Gasteiger partial charge in [0.1, 0.15) is 11.5 Å². The summed E-state index contributed by atoms with van der Waals surface area (Å²) in [6.45, 7) is 3.67. The number of nitrogens with two attached hydrogens (primary N) is 1. The van der Waals surface area contributed by atoms with Crippen LogP contribution in [0.3, 0.4) is 0 Å². The molecule has 0 aliphatic rings. The first-order valence-electron chi connectivity index (χ1n) is 5.17. The average Bonchev–Trinajstić information content (AvgIpc) is 2.27. The summed E-state index contributed by atoms with van der Waals surface area (Å²) in [7, 11) is 3.16. The van der Waals surface area contributed by atoms with Crippen LogP contribution >= 0.6 is 0 Å². The van der Waals surface area contributed by atoms with Gasteiger partial charge in [0.2, 0.25) is 0 Å². The molecule has 0 amide bonds. The van der Waals surface area contributed by atoms with Crippen LogP contribution in [-0.2, 0) is 0 Å². The minimum atomic E-state index is -0.760. The van der Waals surface area contributed by atoms with Crippen molar-refractivity contribution in [1.29, 1.82) is 0 Å². The van der Waals surface area contributed by atoms with Crippen LogP contribution in [0, 0.1) is 6.92 Å². The van der Waals surface area contributed by atoms with Gasteiger partial charge in [-0.2, -0.15) is 0 Å². The molecule has 90 valence electrons. The largest absolute Gasteiger partial charge is 0.496 e. The number of aliphatic hydroxyl groups excluding tert-OH is 1. The number of aryl methyl sites for hydroxylation is 1. The third-order valence-electron chi connectivity index (χ3n) is 2.56. The van der Waals surface area contributed by atoms with Crippen LogP contribution in [-0.4, -0.2) is 25.4 Å². The lowest BCUT2D eigenvalue weighted by molar-refractivity contribution is 0.149. The number of rotatable bonds is 4. The third kappa shape index (κ3) is 2.46. The van der Waals surface area contributed by atoms with Gasteiger partial charge in [0.15, 0.2) is 0 Å². The van der Waals surface area contributed by atoms with Gasteiger partial charge in [0.05, 0.1) is 20.3 Å². The Bertz CT molecular complexity index is 364. The van der Waals surface area contributed by atoms with Gasteiger partial charge >= 0.3 is 0 Å². The maximum absolute atomic E-state index is 9.96. The van der Waals surface area contributed by atoms with E-state index < -0.39 is 6.10 Å². The summed E-state index contributed by atoms with van der Waals surface area (Å²) in [6, 6.07) is 3.24. The molecule has 0 spiro atoms. The lowest BCUT2D eigenvalue weighted by Crippen LogP contribution is -2.24. The predicted molar refractivity (Wildman–Crippen MR) is 62.9 cm³/mol. The fraction of sp³-hybridized carbons (Fsp3) is 0.500. The molecule has 0 aliphatic carbocycles. The molecule has 16 heavy (non-hydrogen) atoms. The molecule has 1 rings (SSSR count). The summed E-state index contributed by atoms with van der Waals surface area (Å²) in [5, 5.41) is 9.96. The summed E-state index contributed by atoms with van der Waals surface area (Å²) >= 11 is 0. The average molecular weight is 225 g/mol. The highest BCUT2D eigenvalue weighted by Gasteiger charge is 2.19. The van der Waals surface area contributed by atoms with E-state index in [1.54, 1.807) is 27.2 Å². The lowest BCUT2D eigenvalue weighted by Gasteiger charge is -2.19. The summed E-state index contributed by atoms with van der Waals surface area (Å²) in [4.78, 5) is 0. The Labute approximate surface area is 96.0 Å². The minimum Gasteiger partial charge on any atom is -0.496 e. The van der Waals surface area contributed by atoms with Gasteiger partial charge in [-0.05, 0) is 31.5 Å². The Kier molecular flexibility index (Phi) is 4.15. The standard InChI is InChI=1S/C12H19NO3/c1-7-5-11(16-4)9(6-10(7)15-3)12(14)8(2)13/h5-6,8,12,14H,13H2,1-4H3/t8-,12-/m1/s1. The van der Waals surface area contributed by atoms with Crippen LogP contribution in [0.1, 0.15) is 24.2 Å². The molecule has 0 aromatic heterocycles. The molecule has 4 heteroatoms. The molecule has 0 aliphatic heterocycles. The van der Waals surface area contributed by atoms with Crippen LogP contribution in [0.5, 0.6) is 11.5 Å². The van der Waals surface area contributed by atoms with Crippen LogP contribution in [0.25, 0.3) is 0 Å². The van der Waals surface area contributed by atoms with Gasteiger partial charge in [-0.3, -0.25) is 0 Å². The second kappa shape index (κ2) is 5.18. The van der Waals surface area contributed by atoms with Crippen LogP contribution < -0.4 is 15.2 Å². The zero-order valence-electron chi connectivity index (χ0n) is 10.2. The first-order chi connectivity index (χ1) is 7.51. The molecule has 3 N–H and O–H groups in total. The maximum Gasteiger partial charge on any atom is 0.125 e. The van der Waals surface area contributed by atoms with E-state index in [1.165, 1.54) is 0 Å². The number of hydrogen-bond acceptors (Lipinski definition) is 4. The Morgan fingerprint density at radius 1 is 1.19 bits per heavy atom. The van der Waals surface area contributed by atoms with Gasteiger partial charge in [-0.25, -0.2) is 0 Å². The van der Waals surface area contributed by atoms with E-state index in [9.17, 15) is 5.11 Å².